The molecule has 142 valence electrons. The number of hydrogen-bond acceptors (Lipinski definition) is 5. The third-order valence-corrected chi connectivity index (χ3v) is 4.02. The number of amides is 2. The first-order valence-corrected chi connectivity index (χ1v) is 8.34. The number of benzene rings is 2. The first kappa shape index (κ1) is 19.9. The number of methoxy groups -OCH3 is 1. The standard InChI is InChI=1S/C19H21N3O5/c1-13(14-6-4-3-5-7-14)11-20-18(23)12-21-19(24)15-8-9-17(27-2)16(10-15)22(25)26/h3-10,13H,11-12H2,1-2H3,(H,20,23)(H,21,24). The fraction of sp³-hybridized carbons (Fsp3) is 0.263. The van der Waals surface area contributed by atoms with Gasteiger partial charge in [-0.25, -0.2) is 0 Å². The quantitative estimate of drug-likeness (QED) is 0.546. The second-order valence-electron chi connectivity index (χ2n) is 5.94. The number of nitro groups is 1. The van der Waals surface area contributed by atoms with Crippen molar-refractivity contribution in [1.29, 1.82) is 0 Å². The minimum Gasteiger partial charge on any atom is -0.490 e. The van der Waals surface area contributed by atoms with E-state index in [1.165, 1.54) is 19.2 Å². The van der Waals surface area contributed by atoms with Crippen molar-refractivity contribution in [3.63, 3.8) is 0 Å². The lowest BCUT2D eigenvalue weighted by Crippen LogP contribution is -2.38. The lowest BCUT2D eigenvalue weighted by Gasteiger charge is -2.13. The van der Waals surface area contributed by atoms with E-state index in [-0.39, 0.29) is 35.4 Å². The highest BCUT2D eigenvalue weighted by atomic mass is 16.6. The zero-order valence-electron chi connectivity index (χ0n) is 15.1. The van der Waals surface area contributed by atoms with E-state index < -0.39 is 10.8 Å². The van der Waals surface area contributed by atoms with Crippen LogP contribution >= 0.6 is 0 Å². The molecule has 8 nitrogen and oxygen atoms in total. The average Bonchev–Trinajstić information content (AvgIpc) is 2.70. The molecule has 0 heterocycles. The van der Waals surface area contributed by atoms with Crippen molar-refractivity contribution < 1.29 is 19.2 Å². The maximum Gasteiger partial charge on any atom is 0.311 e. The van der Waals surface area contributed by atoms with Gasteiger partial charge in [0.05, 0.1) is 18.6 Å². The molecule has 2 amide bonds. The Morgan fingerprint density at radius 3 is 2.48 bits per heavy atom. The van der Waals surface area contributed by atoms with Crippen LogP contribution in [0.3, 0.4) is 0 Å². The third-order valence-electron chi connectivity index (χ3n) is 4.02. The van der Waals surface area contributed by atoms with Gasteiger partial charge in [-0.1, -0.05) is 37.3 Å². The van der Waals surface area contributed by atoms with E-state index in [4.69, 9.17) is 4.74 Å². The molecule has 2 aromatic rings. The fourth-order valence-electron chi connectivity index (χ4n) is 2.47. The summed E-state index contributed by atoms with van der Waals surface area (Å²) in [5, 5.41) is 16.2. The molecule has 0 spiro atoms. The fourth-order valence-corrected chi connectivity index (χ4v) is 2.47. The van der Waals surface area contributed by atoms with Gasteiger partial charge in [-0.2, -0.15) is 0 Å². The highest BCUT2D eigenvalue weighted by Gasteiger charge is 2.18. The van der Waals surface area contributed by atoms with Crippen LogP contribution < -0.4 is 15.4 Å². The Balaban J connectivity index is 1.87. The predicted octanol–water partition coefficient (Wildman–Crippen LogP) is 2.25. The van der Waals surface area contributed by atoms with Crippen LogP contribution in [0.15, 0.2) is 48.5 Å². The van der Waals surface area contributed by atoms with E-state index in [1.807, 2.05) is 37.3 Å². The molecular weight excluding hydrogens is 350 g/mol. The normalized spacial score (nSPS) is 11.3. The van der Waals surface area contributed by atoms with E-state index in [2.05, 4.69) is 10.6 Å². The van der Waals surface area contributed by atoms with E-state index in [0.29, 0.717) is 6.54 Å². The largest absolute Gasteiger partial charge is 0.490 e. The van der Waals surface area contributed by atoms with E-state index in [0.717, 1.165) is 11.6 Å². The number of ether oxygens (including phenoxy) is 1. The number of nitrogens with one attached hydrogen (secondary N) is 2. The van der Waals surface area contributed by atoms with Crippen molar-refractivity contribution in [1.82, 2.24) is 10.6 Å². The highest BCUT2D eigenvalue weighted by Crippen LogP contribution is 2.27. The molecule has 8 heteroatoms. The van der Waals surface area contributed by atoms with Crippen LogP contribution in [0.5, 0.6) is 5.75 Å². The van der Waals surface area contributed by atoms with Crippen LogP contribution in [0.25, 0.3) is 0 Å². The van der Waals surface area contributed by atoms with Crippen LogP contribution in [0.1, 0.15) is 28.8 Å². The summed E-state index contributed by atoms with van der Waals surface area (Å²) in [6.07, 6.45) is 0. The molecular formula is C19H21N3O5. The Labute approximate surface area is 156 Å². The molecule has 2 rings (SSSR count). The molecule has 0 fully saturated rings. The van der Waals surface area contributed by atoms with Gasteiger partial charge in [0.2, 0.25) is 5.91 Å². The Morgan fingerprint density at radius 1 is 1.15 bits per heavy atom. The molecule has 0 saturated heterocycles. The lowest BCUT2D eigenvalue weighted by atomic mass is 10.0. The zero-order valence-corrected chi connectivity index (χ0v) is 15.1. The van der Waals surface area contributed by atoms with Gasteiger partial charge in [-0.3, -0.25) is 19.7 Å². The smallest absolute Gasteiger partial charge is 0.311 e. The Morgan fingerprint density at radius 2 is 1.85 bits per heavy atom. The minimum absolute atomic E-state index is 0.0594. The molecule has 2 N–H and O–H groups in total. The highest BCUT2D eigenvalue weighted by molar-refractivity contribution is 5.97. The molecule has 0 bridgehead atoms. The molecule has 1 unspecified atom stereocenters. The van der Waals surface area contributed by atoms with Gasteiger partial charge >= 0.3 is 5.69 Å². The molecule has 1 atom stereocenters. The van der Waals surface area contributed by atoms with Gasteiger partial charge in [-0.05, 0) is 23.6 Å². The van der Waals surface area contributed by atoms with Crippen molar-refractivity contribution >= 4 is 17.5 Å². The maximum atomic E-state index is 12.1. The SMILES string of the molecule is COc1ccc(C(=O)NCC(=O)NCC(C)c2ccccc2)cc1[N+](=O)[O-]. The summed E-state index contributed by atoms with van der Waals surface area (Å²) in [6.45, 7) is 2.21. The van der Waals surface area contributed by atoms with Gasteiger partial charge in [0.25, 0.3) is 5.91 Å². The van der Waals surface area contributed by atoms with Crippen molar-refractivity contribution in [3.05, 3.63) is 69.8 Å². The lowest BCUT2D eigenvalue weighted by molar-refractivity contribution is -0.385. The molecule has 0 saturated carbocycles. The van der Waals surface area contributed by atoms with Crippen LogP contribution in [-0.4, -0.2) is 36.9 Å². The van der Waals surface area contributed by atoms with Gasteiger partial charge in [0.15, 0.2) is 5.75 Å². The summed E-state index contributed by atoms with van der Waals surface area (Å²) >= 11 is 0. The first-order chi connectivity index (χ1) is 12.9. The van der Waals surface area contributed by atoms with Crippen LogP contribution in [-0.2, 0) is 4.79 Å². The number of nitro benzene ring substituents is 1. The molecule has 0 aliphatic rings. The second kappa shape index (κ2) is 9.33. The van der Waals surface area contributed by atoms with E-state index >= 15 is 0 Å². The third kappa shape index (κ3) is 5.53. The first-order valence-electron chi connectivity index (χ1n) is 8.34. The topological polar surface area (TPSA) is 111 Å². The molecule has 0 aliphatic carbocycles. The van der Waals surface area contributed by atoms with Crippen molar-refractivity contribution in [3.8, 4) is 5.75 Å². The van der Waals surface area contributed by atoms with Gasteiger partial charge in [0, 0.05) is 18.2 Å². The average molecular weight is 371 g/mol. The Hall–Kier alpha value is -3.42. The van der Waals surface area contributed by atoms with Crippen LogP contribution in [0.2, 0.25) is 0 Å². The number of nitrogens with zero attached hydrogens (tertiary/aromatic N) is 1. The summed E-state index contributed by atoms with van der Waals surface area (Å²) in [4.78, 5) is 34.5. The van der Waals surface area contributed by atoms with Gasteiger partial charge in [0.1, 0.15) is 0 Å². The van der Waals surface area contributed by atoms with Crippen LogP contribution in [0.4, 0.5) is 5.69 Å². The van der Waals surface area contributed by atoms with Crippen LogP contribution in [0, 0.1) is 10.1 Å². The monoisotopic (exact) mass is 371 g/mol. The molecule has 0 aromatic heterocycles. The minimum atomic E-state index is -0.632. The van der Waals surface area contributed by atoms with Crippen molar-refractivity contribution in [2.45, 2.75) is 12.8 Å². The number of carbonyl (C=O) groups excluding carboxylic acids is 2. The Bertz CT molecular complexity index is 823. The van der Waals surface area contributed by atoms with Gasteiger partial charge in [-0.15, -0.1) is 0 Å². The molecule has 0 radical (unpaired) electrons. The summed E-state index contributed by atoms with van der Waals surface area (Å²) in [7, 11) is 1.31. The Kier molecular flexibility index (Phi) is 6.87. The van der Waals surface area contributed by atoms with Crippen molar-refractivity contribution in [2.75, 3.05) is 20.2 Å². The second-order valence-corrected chi connectivity index (χ2v) is 5.94. The summed E-state index contributed by atoms with van der Waals surface area (Å²) in [5.74, 6) is -0.722. The van der Waals surface area contributed by atoms with Crippen molar-refractivity contribution in [2.24, 2.45) is 0 Å². The number of hydrogen-bond donors (Lipinski definition) is 2. The summed E-state index contributed by atoms with van der Waals surface area (Å²) < 4.78 is 4.89. The summed E-state index contributed by atoms with van der Waals surface area (Å²) in [5.41, 5.74) is 0.867. The number of carbonyl (C=O) groups is 2. The van der Waals surface area contributed by atoms with E-state index in [1.54, 1.807) is 0 Å². The molecule has 2 aromatic carbocycles. The zero-order chi connectivity index (χ0) is 19.8. The molecule has 0 aliphatic heterocycles. The number of rotatable bonds is 8. The van der Waals surface area contributed by atoms with E-state index in [9.17, 15) is 19.7 Å². The maximum absolute atomic E-state index is 12.1. The molecule has 27 heavy (non-hydrogen) atoms. The summed E-state index contributed by atoms with van der Waals surface area (Å²) in [6, 6.07) is 13.6. The van der Waals surface area contributed by atoms with Gasteiger partial charge < -0.3 is 15.4 Å². The predicted molar refractivity (Wildman–Crippen MR) is 99.8 cm³/mol.